The van der Waals surface area contributed by atoms with Gasteiger partial charge in [0.1, 0.15) is 23.9 Å². The van der Waals surface area contributed by atoms with Crippen LogP contribution >= 0.6 is 0 Å². The highest BCUT2D eigenvalue weighted by molar-refractivity contribution is 5.95. The van der Waals surface area contributed by atoms with Crippen LogP contribution in [0.2, 0.25) is 0 Å². The van der Waals surface area contributed by atoms with E-state index in [4.69, 9.17) is 36.9 Å². The fraction of sp³-hybridized carbons (Fsp3) is 0.540. The Hall–Kier alpha value is -7.59. The number of nitrogen functional groups attached to an aromatic ring is 2. The fourth-order valence-corrected chi connectivity index (χ4v) is 8.94. The summed E-state index contributed by atoms with van der Waals surface area (Å²) in [5, 5.41) is 29.6. The molecule has 23 nitrogen and oxygen atoms in total. The third-order valence-electron chi connectivity index (χ3n) is 13.5. The van der Waals surface area contributed by atoms with Crippen LogP contribution in [0.1, 0.15) is 86.5 Å². The van der Waals surface area contributed by atoms with E-state index in [1.54, 1.807) is 61.3 Å². The molecule has 23 heteroatoms. The molecule has 0 unspecified atom stereocenters. The van der Waals surface area contributed by atoms with Crippen molar-refractivity contribution in [2.24, 2.45) is 11.5 Å². The van der Waals surface area contributed by atoms with Crippen LogP contribution < -0.4 is 22.1 Å². The van der Waals surface area contributed by atoms with Crippen molar-refractivity contribution in [2.45, 2.75) is 96.1 Å². The Kier molecular flexibility index (Phi) is 20.9. The predicted octanol–water partition coefficient (Wildman–Crippen LogP) is 4.24. The number of unbranched alkanes of at least 4 members (excludes halogenated alkanes) is 2. The molecule has 9 N–H and O–H groups in total. The summed E-state index contributed by atoms with van der Waals surface area (Å²) in [5.41, 5.74) is 14.0. The van der Waals surface area contributed by atoms with Crippen LogP contribution in [0.4, 0.5) is 24.0 Å². The van der Waals surface area contributed by atoms with Gasteiger partial charge < -0.3 is 70.6 Å². The maximum atomic E-state index is 13.0. The maximum Gasteiger partial charge on any atom is 0.410 e. The second-order valence-electron chi connectivity index (χ2n) is 18.6. The van der Waals surface area contributed by atoms with Gasteiger partial charge in [-0.25, -0.2) is 29.0 Å². The van der Waals surface area contributed by atoms with E-state index in [1.807, 2.05) is 35.0 Å². The molecule has 0 spiro atoms. The smallest absolute Gasteiger partial charge is 0.410 e. The van der Waals surface area contributed by atoms with Crippen LogP contribution in [0.5, 0.6) is 0 Å². The number of amides is 8. The summed E-state index contributed by atoms with van der Waals surface area (Å²) in [6.07, 6.45) is 11.2. The molecule has 3 saturated heterocycles. The molecule has 2 aromatic carbocycles. The van der Waals surface area contributed by atoms with Gasteiger partial charge in [-0.1, -0.05) is 55.0 Å². The number of urea groups is 2. The number of aromatic nitrogens is 2. The average Bonchev–Trinajstić information content (AvgIpc) is 3.92. The molecular weight excluding hydrogens is 941 g/mol. The third kappa shape index (κ3) is 17.6. The van der Waals surface area contributed by atoms with Crippen molar-refractivity contribution in [3.63, 3.8) is 0 Å². The monoisotopic (exact) mass is 1010 g/mol. The van der Waals surface area contributed by atoms with E-state index < -0.39 is 6.09 Å². The summed E-state index contributed by atoms with van der Waals surface area (Å²) in [6.45, 7) is 6.68. The molecule has 3 aromatic rings. The van der Waals surface area contributed by atoms with Gasteiger partial charge in [-0.05, 0) is 62.5 Å². The quantitative estimate of drug-likeness (QED) is 0.0678. The summed E-state index contributed by atoms with van der Waals surface area (Å²) < 4.78 is 13.8. The van der Waals surface area contributed by atoms with E-state index in [2.05, 4.69) is 15.6 Å². The zero-order valence-corrected chi connectivity index (χ0v) is 41.6. The zero-order valence-electron chi connectivity index (χ0n) is 41.6. The number of carbonyl (C=O) groups is 6. The lowest BCUT2D eigenvalue weighted by Crippen LogP contribution is -2.53. The molecule has 73 heavy (non-hydrogen) atoms. The van der Waals surface area contributed by atoms with E-state index in [1.165, 1.54) is 4.90 Å². The molecule has 1 saturated carbocycles. The van der Waals surface area contributed by atoms with Gasteiger partial charge in [-0.15, -0.1) is 0 Å². The largest absolute Gasteiger partial charge is 0.465 e. The molecule has 3 aliphatic heterocycles. The lowest BCUT2D eigenvalue weighted by molar-refractivity contribution is -0.132. The molecule has 4 heterocycles. The van der Waals surface area contributed by atoms with Crippen molar-refractivity contribution in [1.82, 2.24) is 49.6 Å². The second-order valence-corrected chi connectivity index (χ2v) is 18.6. The van der Waals surface area contributed by atoms with Crippen LogP contribution in [0, 0.1) is 10.8 Å². The highest BCUT2D eigenvalue weighted by atomic mass is 16.6. The highest BCUT2D eigenvalue weighted by Crippen LogP contribution is 2.24. The molecule has 396 valence electrons. The number of rotatable bonds is 14. The Morgan fingerprint density at radius 3 is 1.38 bits per heavy atom. The van der Waals surface area contributed by atoms with E-state index in [0.29, 0.717) is 135 Å². The number of imidazole rings is 1. The van der Waals surface area contributed by atoms with Gasteiger partial charge in [0.2, 0.25) is 5.91 Å². The summed E-state index contributed by atoms with van der Waals surface area (Å²) in [4.78, 5) is 87.9. The molecule has 4 fully saturated rings. The van der Waals surface area contributed by atoms with Crippen molar-refractivity contribution in [1.29, 1.82) is 10.8 Å². The molecular formula is C50H72N14O9. The lowest BCUT2D eigenvalue weighted by Gasteiger charge is -2.36. The van der Waals surface area contributed by atoms with Crippen molar-refractivity contribution in [3.8, 4) is 0 Å². The van der Waals surface area contributed by atoms with Crippen LogP contribution in [-0.4, -0.2) is 183 Å². The number of nitrogens with two attached hydrogens (primary N) is 2. The van der Waals surface area contributed by atoms with Crippen LogP contribution in [0.25, 0.3) is 0 Å². The van der Waals surface area contributed by atoms with Crippen molar-refractivity contribution < 1.29 is 43.3 Å². The van der Waals surface area contributed by atoms with Gasteiger partial charge in [0, 0.05) is 128 Å². The number of carboxylic acid groups (broad SMARTS) is 1. The number of benzene rings is 2. The Labute approximate surface area is 426 Å². The zero-order chi connectivity index (χ0) is 52.1. The van der Waals surface area contributed by atoms with Crippen LogP contribution in [-0.2, 0) is 33.9 Å². The molecule has 1 aliphatic carbocycles. The fourth-order valence-electron chi connectivity index (χ4n) is 8.94. The first-order chi connectivity index (χ1) is 35.2. The van der Waals surface area contributed by atoms with Gasteiger partial charge in [-0.3, -0.25) is 15.6 Å². The number of ether oxygens (including phenoxy) is 2. The van der Waals surface area contributed by atoms with E-state index in [0.717, 1.165) is 49.8 Å². The molecule has 8 amide bonds. The molecule has 1 aromatic heterocycles. The molecule has 4 aliphatic rings. The standard InChI is InChI=1S/C36H50N10O6.C14H22N4O3/c37-31(38)27-11-7-25(8-12-27)23-41-33(47)43-15-19-45(20-16-43)35(49)51-29-3-1-4-30(6-2-5-29)52-36(50)46-21-17-44(18-22-46)34(48)42-24-26-9-13-28(14-10-26)32(39)40;19-13(17-8-10-18(11-9-17)14(20)21)4-2-1-3-6-16-7-5-15-12-16/h7-14,29-30H,1-6,15-24H2,(H3,37,38)(H3,39,40)(H,41,47)(H,42,48);5,7,12H,1-4,6,8-11H2,(H,20,21)/t29-,30+;. The summed E-state index contributed by atoms with van der Waals surface area (Å²) >= 11 is 0. The first-order valence-corrected chi connectivity index (χ1v) is 25.3. The number of piperazine rings is 3. The lowest BCUT2D eigenvalue weighted by atomic mass is 9.96. The number of aryl methyl sites for hydroxylation is 1. The first kappa shape index (κ1) is 54.7. The number of carbonyl (C=O) groups excluding carboxylic acids is 5. The van der Waals surface area contributed by atoms with Gasteiger partial charge >= 0.3 is 30.3 Å². The Bertz CT molecular complexity index is 2170. The first-order valence-electron chi connectivity index (χ1n) is 25.3. The summed E-state index contributed by atoms with van der Waals surface area (Å²) in [6, 6.07) is 13.9. The Morgan fingerprint density at radius 2 is 0.986 bits per heavy atom. The van der Waals surface area contributed by atoms with Gasteiger partial charge in [0.05, 0.1) is 6.33 Å². The average molecular weight is 1010 g/mol. The maximum absolute atomic E-state index is 13.0. The van der Waals surface area contributed by atoms with Crippen molar-refractivity contribution in [3.05, 3.63) is 89.5 Å². The second kappa shape index (κ2) is 27.9. The van der Waals surface area contributed by atoms with E-state index in [-0.39, 0.29) is 54.0 Å². The minimum atomic E-state index is -0.901. The third-order valence-corrected chi connectivity index (χ3v) is 13.5. The van der Waals surface area contributed by atoms with Gasteiger partial charge in [0.25, 0.3) is 0 Å². The molecule has 0 radical (unpaired) electrons. The molecule has 0 bridgehead atoms. The van der Waals surface area contributed by atoms with E-state index in [9.17, 15) is 28.8 Å². The SMILES string of the molecule is N=C(N)c1ccc(CNC(=O)N2CCN(C(=O)O[C@H]3CCC[C@@H](OC(=O)N4CCN(C(=O)NCc5ccc(C(=N)N)cc5)CC4)CCC3)CC2)cc1.O=C(O)N1CCN(C(=O)CCCCCn2ccnc2)CC1. The molecule has 0 atom stereocenters. The number of hydrogen-bond acceptors (Lipinski definition) is 11. The molecule has 7 rings (SSSR count). The summed E-state index contributed by atoms with van der Waals surface area (Å²) in [5.74, 6) is 0.131. The number of amidine groups is 2. The Morgan fingerprint density at radius 1 is 0.575 bits per heavy atom. The minimum Gasteiger partial charge on any atom is -0.465 e. The van der Waals surface area contributed by atoms with Gasteiger partial charge in [0.15, 0.2) is 0 Å². The van der Waals surface area contributed by atoms with Gasteiger partial charge in [-0.2, -0.15) is 0 Å². The highest BCUT2D eigenvalue weighted by Gasteiger charge is 2.30. The van der Waals surface area contributed by atoms with Crippen LogP contribution in [0.15, 0.2) is 67.3 Å². The number of nitrogens with one attached hydrogen (secondary N) is 4. The number of nitrogens with zero attached hydrogens (tertiary/aromatic N) is 8. The summed E-state index contributed by atoms with van der Waals surface area (Å²) in [7, 11) is 0. The Balaban J connectivity index is 0.000000344. The van der Waals surface area contributed by atoms with Crippen molar-refractivity contribution in [2.75, 3.05) is 78.5 Å². The number of hydrogen-bond donors (Lipinski definition) is 7. The predicted molar refractivity (Wildman–Crippen MR) is 271 cm³/mol. The minimum absolute atomic E-state index is 0.00518. The van der Waals surface area contributed by atoms with E-state index >= 15 is 0 Å². The van der Waals surface area contributed by atoms with Crippen molar-refractivity contribution >= 4 is 47.9 Å². The topological polar surface area (TPSA) is 302 Å². The van der Waals surface area contributed by atoms with Crippen LogP contribution in [0.3, 0.4) is 0 Å². The normalized spacial score (nSPS) is 18.2.